The van der Waals surface area contributed by atoms with Gasteiger partial charge in [-0.2, -0.15) is 0 Å². The van der Waals surface area contributed by atoms with Gasteiger partial charge in [0.2, 0.25) is 0 Å². The first-order valence-corrected chi connectivity index (χ1v) is 19.4. The highest BCUT2D eigenvalue weighted by Gasteiger charge is 2.46. The number of hydrogen-bond acceptors (Lipinski definition) is 8. The molecule has 0 radical (unpaired) electrons. The summed E-state index contributed by atoms with van der Waals surface area (Å²) in [4.78, 5) is 24.5. The SMILES string of the molecule is CCCCCCCCCCCCCCCC(=O)OC[C@H]1O[C@@H](O)[C@H](OC(=O)CCCCCCCCCCCCCCC)[C@@H](O)[C@@H]1O. The third-order valence-corrected chi connectivity index (χ3v) is 9.31. The van der Waals surface area contributed by atoms with Crippen LogP contribution < -0.4 is 0 Å². The van der Waals surface area contributed by atoms with E-state index in [1.807, 2.05) is 0 Å². The maximum Gasteiger partial charge on any atom is 0.306 e. The molecular weight excluding hydrogens is 584 g/mol. The van der Waals surface area contributed by atoms with Crippen LogP contribution in [-0.2, 0) is 23.8 Å². The van der Waals surface area contributed by atoms with Crippen molar-refractivity contribution in [2.24, 2.45) is 0 Å². The minimum atomic E-state index is -1.61. The summed E-state index contributed by atoms with van der Waals surface area (Å²) >= 11 is 0. The van der Waals surface area contributed by atoms with Gasteiger partial charge in [-0.3, -0.25) is 9.59 Å². The molecule has 1 aliphatic heterocycles. The molecular formula is C38H72O8. The summed E-state index contributed by atoms with van der Waals surface area (Å²) in [5, 5.41) is 31.3. The topological polar surface area (TPSA) is 123 Å². The number of rotatable bonds is 31. The van der Waals surface area contributed by atoms with Gasteiger partial charge >= 0.3 is 11.9 Å². The highest BCUT2D eigenvalue weighted by Crippen LogP contribution is 2.24. The van der Waals surface area contributed by atoms with Crippen LogP contribution in [0.4, 0.5) is 0 Å². The van der Waals surface area contributed by atoms with Crippen LogP contribution in [0.3, 0.4) is 0 Å². The molecule has 5 atom stereocenters. The number of carbonyl (C=O) groups excluding carboxylic acids is 2. The zero-order valence-corrected chi connectivity index (χ0v) is 29.8. The molecule has 0 saturated carbocycles. The molecule has 0 aromatic heterocycles. The quantitative estimate of drug-likeness (QED) is 0.0500. The third kappa shape index (κ3) is 22.4. The molecule has 1 fully saturated rings. The third-order valence-electron chi connectivity index (χ3n) is 9.31. The van der Waals surface area contributed by atoms with E-state index in [4.69, 9.17) is 14.2 Å². The largest absolute Gasteiger partial charge is 0.463 e. The predicted octanol–water partition coefficient (Wildman–Crippen LogP) is 8.84. The molecule has 1 saturated heterocycles. The van der Waals surface area contributed by atoms with E-state index >= 15 is 0 Å². The highest BCUT2D eigenvalue weighted by atomic mass is 16.7. The average molecular weight is 657 g/mol. The van der Waals surface area contributed by atoms with Crippen molar-refractivity contribution in [1.82, 2.24) is 0 Å². The minimum Gasteiger partial charge on any atom is -0.463 e. The Hall–Kier alpha value is -1.22. The monoisotopic (exact) mass is 657 g/mol. The molecule has 1 rings (SSSR count). The fraction of sp³-hybridized carbons (Fsp3) is 0.947. The van der Waals surface area contributed by atoms with Crippen LogP contribution in [0, 0.1) is 0 Å². The lowest BCUT2D eigenvalue weighted by atomic mass is 9.99. The van der Waals surface area contributed by atoms with Gasteiger partial charge in [-0.1, -0.05) is 168 Å². The lowest BCUT2D eigenvalue weighted by molar-refractivity contribution is -0.291. The van der Waals surface area contributed by atoms with Gasteiger partial charge < -0.3 is 29.5 Å². The molecule has 272 valence electrons. The number of hydrogen-bond donors (Lipinski definition) is 3. The Morgan fingerprint density at radius 3 is 1.24 bits per heavy atom. The molecule has 0 bridgehead atoms. The second-order valence-electron chi connectivity index (χ2n) is 13.7. The Labute approximate surface area is 281 Å². The maximum absolute atomic E-state index is 12.3. The van der Waals surface area contributed by atoms with Crippen LogP contribution in [0.1, 0.15) is 194 Å². The van der Waals surface area contributed by atoms with Crippen molar-refractivity contribution in [3.63, 3.8) is 0 Å². The second-order valence-corrected chi connectivity index (χ2v) is 13.7. The normalized spacial score (nSPS) is 21.4. The molecule has 1 aliphatic rings. The number of esters is 2. The molecule has 0 unspecified atom stereocenters. The Balaban J connectivity index is 2.06. The van der Waals surface area contributed by atoms with Gasteiger partial charge in [0.25, 0.3) is 0 Å². The van der Waals surface area contributed by atoms with Crippen molar-refractivity contribution in [1.29, 1.82) is 0 Å². The van der Waals surface area contributed by atoms with Gasteiger partial charge in [0.1, 0.15) is 24.9 Å². The number of carbonyl (C=O) groups is 2. The van der Waals surface area contributed by atoms with E-state index in [9.17, 15) is 24.9 Å². The fourth-order valence-corrected chi connectivity index (χ4v) is 6.22. The molecule has 0 spiro atoms. The molecule has 0 aromatic rings. The van der Waals surface area contributed by atoms with Crippen molar-refractivity contribution in [3.05, 3.63) is 0 Å². The Bertz CT molecular complexity index is 715. The number of aliphatic hydroxyl groups excluding tert-OH is 3. The van der Waals surface area contributed by atoms with Crippen molar-refractivity contribution in [2.45, 2.75) is 224 Å². The first kappa shape index (κ1) is 42.8. The van der Waals surface area contributed by atoms with Crippen molar-refractivity contribution in [2.75, 3.05) is 6.61 Å². The zero-order valence-electron chi connectivity index (χ0n) is 29.8. The molecule has 0 aromatic carbocycles. The fourth-order valence-electron chi connectivity index (χ4n) is 6.22. The molecule has 0 amide bonds. The summed E-state index contributed by atoms with van der Waals surface area (Å²) in [5.41, 5.74) is 0. The van der Waals surface area contributed by atoms with Crippen molar-refractivity contribution >= 4 is 11.9 Å². The summed E-state index contributed by atoms with van der Waals surface area (Å²) in [6.45, 7) is 4.20. The van der Waals surface area contributed by atoms with Crippen LogP contribution in [0.2, 0.25) is 0 Å². The van der Waals surface area contributed by atoms with Crippen molar-refractivity contribution in [3.8, 4) is 0 Å². The Morgan fingerprint density at radius 2 is 0.848 bits per heavy atom. The molecule has 8 nitrogen and oxygen atoms in total. The number of unbranched alkanes of at least 4 members (excludes halogenated alkanes) is 24. The van der Waals surface area contributed by atoms with Crippen LogP contribution in [0.25, 0.3) is 0 Å². The van der Waals surface area contributed by atoms with E-state index in [1.54, 1.807) is 0 Å². The van der Waals surface area contributed by atoms with Gasteiger partial charge in [-0.15, -0.1) is 0 Å². The molecule has 46 heavy (non-hydrogen) atoms. The van der Waals surface area contributed by atoms with Crippen molar-refractivity contribution < 1.29 is 39.1 Å². The van der Waals surface area contributed by atoms with Gasteiger partial charge in [0.15, 0.2) is 12.4 Å². The molecule has 1 heterocycles. The summed E-state index contributed by atoms with van der Waals surface area (Å²) in [6, 6.07) is 0. The second kappa shape index (κ2) is 29.9. The Kier molecular flexibility index (Phi) is 27.8. The summed E-state index contributed by atoms with van der Waals surface area (Å²) in [5.74, 6) is -0.932. The molecule has 0 aliphatic carbocycles. The average Bonchev–Trinajstić information content (AvgIpc) is 3.04. The molecule has 8 heteroatoms. The first-order chi connectivity index (χ1) is 22.4. The first-order valence-electron chi connectivity index (χ1n) is 19.4. The predicted molar refractivity (Wildman–Crippen MR) is 184 cm³/mol. The Morgan fingerprint density at radius 1 is 0.500 bits per heavy atom. The van der Waals surface area contributed by atoms with E-state index in [-0.39, 0.29) is 19.4 Å². The summed E-state index contributed by atoms with van der Waals surface area (Å²) in [6.07, 6.45) is 25.0. The van der Waals surface area contributed by atoms with Gasteiger partial charge in [-0.25, -0.2) is 0 Å². The van der Waals surface area contributed by atoms with Crippen LogP contribution in [0.5, 0.6) is 0 Å². The van der Waals surface area contributed by atoms with E-state index in [0.717, 1.165) is 38.5 Å². The van der Waals surface area contributed by atoms with Crippen LogP contribution in [-0.4, -0.2) is 64.6 Å². The maximum atomic E-state index is 12.3. The lowest BCUT2D eigenvalue weighted by Crippen LogP contribution is -2.60. The van der Waals surface area contributed by atoms with E-state index in [0.29, 0.717) is 6.42 Å². The number of aliphatic hydroxyl groups is 3. The molecule has 3 N–H and O–H groups in total. The lowest BCUT2D eigenvalue weighted by Gasteiger charge is -2.39. The number of ether oxygens (including phenoxy) is 3. The van der Waals surface area contributed by atoms with E-state index in [1.165, 1.54) is 122 Å². The van der Waals surface area contributed by atoms with Gasteiger partial charge in [-0.05, 0) is 12.8 Å². The summed E-state index contributed by atoms with van der Waals surface area (Å²) < 4.78 is 15.9. The smallest absolute Gasteiger partial charge is 0.306 e. The van der Waals surface area contributed by atoms with Gasteiger partial charge in [0, 0.05) is 12.8 Å². The minimum absolute atomic E-state index is 0.185. The van der Waals surface area contributed by atoms with Gasteiger partial charge in [0.05, 0.1) is 0 Å². The highest BCUT2D eigenvalue weighted by molar-refractivity contribution is 5.69. The standard InChI is InChI=1S/C38H72O8/c1-3-5-7-9-11-13-15-17-19-21-23-25-27-29-33(39)44-31-32-35(41)36(42)37(38(43)45-32)46-34(40)30-28-26-24-22-20-18-16-14-12-10-8-6-4-2/h32,35-38,41-43H,3-31H2,1-2H3/t32-,35-,36+,37-,38-/m1/s1. The zero-order chi connectivity index (χ0) is 33.7. The van der Waals surface area contributed by atoms with Crippen LogP contribution >= 0.6 is 0 Å². The van der Waals surface area contributed by atoms with E-state index in [2.05, 4.69) is 13.8 Å². The van der Waals surface area contributed by atoms with Crippen LogP contribution in [0.15, 0.2) is 0 Å². The van der Waals surface area contributed by atoms with E-state index < -0.39 is 42.6 Å². The summed E-state index contributed by atoms with van der Waals surface area (Å²) in [7, 11) is 0.